The van der Waals surface area contributed by atoms with Gasteiger partial charge in [-0.3, -0.25) is 4.79 Å². The highest BCUT2D eigenvalue weighted by Crippen LogP contribution is 2.26. The standard InChI is InChI=1S/C12H17FN2O2.ClH/c1-7(2)17-11-5-4-9(13)6-10(11)15-12(16)8(3)14;/h4-8H,14H2,1-3H3,(H,15,16);1H/t8-;/m0./s1. The molecule has 1 aromatic carbocycles. The number of amides is 1. The van der Waals surface area contributed by atoms with E-state index in [4.69, 9.17) is 10.5 Å². The van der Waals surface area contributed by atoms with Gasteiger partial charge in [0.2, 0.25) is 5.91 Å². The summed E-state index contributed by atoms with van der Waals surface area (Å²) in [6.07, 6.45) is -0.0635. The average Bonchev–Trinajstić information content (AvgIpc) is 2.21. The van der Waals surface area contributed by atoms with E-state index in [1.165, 1.54) is 18.2 Å². The first-order valence-electron chi connectivity index (χ1n) is 5.43. The molecule has 102 valence electrons. The van der Waals surface area contributed by atoms with Crippen LogP contribution in [0.15, 0.2) is 18.2 Å². The Morgan fingerprint density at radius 1 is 1.39 bits per heavy atom. The zero-order valence-corrected chi connectivity index (χ0v) is 11.4. The summed E-state index contributed by atoms with van der Waals surface area (Å²) < 4.78 is 18.6. The van der Waals surface area contributed by atoms with Crippen molar-refractivity contribution in [1.29, 1.82) is 0 Å². The molecule has 1 amide bonds. The third-order valence-electron chi connectivity index (χ3n) is 1.98. The lowest BCUT2D eigenvalue weighted by atomic mass is 10.2. The number of hydrogen-bond donors (Lipinski definition) is 2. The van der Waals surface area contributed by atoms with Crippen molar-refractivity contribution in [3.8, 4) is 5.75 Å². The van der Waals surface area contributed by atoms with Crippen molar-refractivity contribution in [1.82, 2.24) is 0 Å². The quantitative estimate of drug-likeness (QED) is 0.887. The molecule has 0 saturated heterocycles. The predicted octanol–water partition coefficient (Wildman–Crippen LogP) is 2.32. The number of nitrogens with one attached hydrogen (secondary N) is 1. The molecular weight excluding hydrogens is 259 g/mol. The first-order chi connectivity index (χ1) is 7.90. The van der Waals surface area contributed by atoms with Crippen LogP contribution in [0.1, 0.15) is 20.8 Å². The zero-order chi connectivity index (χ0) is 13.0. The van der Waals surface area contributed by atoms with E-state index < -0.39 is 11.9 Å². The molecule has 0 aliphatic carbocycles. The van der Waals surface area contributed by atoms with Gasteiger partial charge in [0.1, 0.15) is 11.6 Å². The summed E-state index contributed by atoms with van der Waals surface area (Å²) >= 11 is 0. The molecule has 6 heteroatoms. The van der Waals surface area contributed by atoms with Gasteiger partial charge in [-0.1, -0.05) is 0 Å². The van der Waals surface area contributed by atoms with Gasteiger partial charge >= 0.3 is 0 Å². The first-order valence-corrected chi connectivity index (χ1v) is 5.43. The molecule has 0 heterocycles. The van der Waals surface area contributed by atoms with Gasteiger partial charge in [0.25, 0.3) is 0 Å². The third-order valence-corrected chi connectivity index (χ3v) is 1.98. The summed E-state index contributed by atoms with van der Waals surface area (Å²) in [5.41, 5.74) is 5.72. The molecule has 0 unspecified atom stereocenters. The fraction of sp³-hybridized carbons (Fsp3) is 0.417. The van der Waals surface area contributed by atoms with E-state index >= 15 is 0 Å². The van der Waals surface area contributed by atoms with Crippen molar-refractivity contribution in [2.45, 2.75) is 32.9 Å². The minimum Gasteiger partial charge on any atom is -0.489 e. The molecule has 0 aromatic heterocycles. The van der Waals surface area contributed by atoms with Crippen molar-refractivity contribution >= 4 is 24.0 Å². The highest BCUT2D eigenvalue weighted by molar-refractivity contribution is 5.95. The molecule has 1 atom stereocenters. The van der Waals surface area contributed by atoms with E-state index in [1.807, 2.05) is 13.8 Å². The molecule has 0 spiro atoms. The number of carbonyl (C=O) groups is 1. The van der Waals surface area contributed by atoms with Crippen molar-refractivity contribution in [3.05, 3.63) is 24.0 Å². The van der Waals surface area contributed by atoms with Crippen LogP contribution in [0, 0.1) is 5.82 Å². The summed E-state index contributed by atoms with van der Waals surface area (Å²) in [7, 11) is 0. The number of benzene rings is 1. The number of nitrogens with two attached hydrogens (primary N) is 1. The van der Waals surface area contributed by atoms with E-state index in [0.29, 0.717) is 11.4 Å². The molecule has 0 aliphatic heterocycles. The minimum atomic E-state index is -0.662. The largest absolute Gasteiger partial charge is 0.489 e. The first kappa shape index (κ1) is 16.7. The summed E-state index contributed by atoms with van der Waals surface area (Å²) in [6, 6.07) is 3.30. The molecule has 0 bridgehead atoms. The maximum Gasteiger partial charge on any atom is 0.241 e. The van der Waals surface area contributed by atoms with Gasteiger partial charge in [0, 0.05) is 6.07 Å². The summed E-state index contributed by atoms with van der Waals surface area (Å²) in [6.45, 7) is 5.25. The molecule has 0 aliphatic rings. The Balaban J connectivity index is 0.00000289. The van der Waals surface area contributed by atoms with Gasteiger partial charge < -0.3 is 15.8 Å². The van der Waals surface area contributed by atoms with E-state index in [9.17, 15) is 9.18 Å². The molecule has 18 heavy (non-hydrogen) atoms. The van der Waals surface area contributed by atoms with Gasteiger partial charge in [-0.15, -0.1) is 12.4 Å². The second kappa shape index (κ2) is 7.18. The second-order valence-corrected chi connectivity index (χ2v) is 4.09. The number of hydrogen-bond acceptors (Lipinski definition) is 3. The summed E-state index contributed by atoms with van der Waals surface area (Å²) in [5.74, 6) is -0.402. The van der Waals surface area contributed by atoms with Crippen LogP contribution in [0.25, 0.3) is 0 Å². The van der Waals surface area contributed by atoms with Crippen molar-refractivity contribution in [2.75, 3.05) is 5.32 Å². The van der Waals surface area contributed by atoms with Crippen LogP contribution >= 0.6 is 12.4 Å². The lowest BCUT2D eigenvalue weighted by molar-refractivity contribution is -0.117. The lowest BCUT2D eigenvalue weighted by Crippen LogP contribution is -2.32. The number of halogens is 2. The lowest BCUT2D eigenvalue weighted by Gasteiger charge is -2.15. The van der Waals surface area contributed by atoms with Crippen molar-refractivity contribution in [3.63, 3.8) is 0 Å². The number of carbonyl (C=O) groups excluding carboxylic acids is 1. The van der Waals surface area contributed by atoms with E-state index in [0.717, 1.165) is 0 Å². The predicted molar refractivity (Wildman–Crippen MR) is 71.7 cm³/mol. The molecule has 0 radical (unpaired) electrons. The number of anilines is 1. The van der Waals surface area contributed by atoms with Crippen molar-refractivity contribution in [2.24, 2.45) is 5.73 Å². The van der Waals surface area contributed by atoms with E-state index in [2.05, 4.69) is 5.32 Å². The molecule has 0 saturated carbocycles. The summed E-state index contributed by atoms with van der Waals surface area (Å²) in [5, 5.41) is 2.53. The highest BCUT2D eigenvalue weighted by Gasteiger charge is 2.13. The fourth-order valence-electron chi connectivity index (χ4n) is 1.20. The van der Waals surface area contributed by atoms with Crippen LogP contribution in [0.5, 0.6) is 5.75 Å². The third kappa shape index (κ3) is 4.89. The SMILES string of the molecule is CC(C)Oc1ccc(F)cc1NC(=O)[C@H](C)N.Cl. The minimum absolute atomic E-state index is 0. The van der Waals surface area contributed by atoms with Crippen LogP contribution in [-0.4, -0.2) is 18.1 Å². The number of ether oxygens (including phenoxy) is 1. The second-order valence-electron chi connectivity index (χ2n) is 4.09. The molecular formula is C12H18ClFN2O2. The van der Waals surface area contributed by atoms with Crippen LogP contribution in [0.2, 0.25) is 0 Å². The topological polar surface area (TPSA) is 64.3 Å². The Hall–Kier alpha value is -1.33. The maximum absolute atomic E-state index is 13.1. The molecule has 3 N–H and O–H groups in total. The number of rotatable bonds is 4. The zero-order valence-electron chi connectivity index (χ0n) is 10.6. The van der Waals surface area contributed by atoms with Gasteiger partial charge in [-0.05, 0) is 32.9 Å². The van der Waals surface area contributed by atoms with Crippen LogP contribution in [-0.2, 0) is 4.79 Å². The maximum atomic E-state index is 13.1. The molecule has 1 rings (SSSR count). The Labute approximate surface area is 112 Å². The van der Waals surface area contributed by atoms with Crippen LogP contribution in [0.4, 0.5) is 10.1 Å². The molecule has 0 fully saturated rings. The smallest absolute Gasteiger partial charge is 0.241 e. The average molecular weight is 277 g/mol. The van der Waals surface area contributed by atoms with Gasteiger partial charge in [0.05, 0.1) is 17.8 Å². The highest BCUT2D eigenvalue weighted by atomic mass is 35.5. The van der Waals surface area contributed by atoms with Gasteiger partial charge in [-0.25, -0.2) is 4.39 Å². The van der Waals surface area contributed by atoms with Crippen LogP contribution < -0.4 is 15.8 Å². The van der Waals surface area contributed by atoms with Crippen LogP contribution in [0.3, 0.4) is 0 Å². The fourth-order valence-corrected chi connectivity index (χ4v) is 1.20. The van der Waals surface area contributed by atoms with Gasteiger partial charge in [-0.2, -0.15) is 0 Å². The van der Waals surface area contributed by atoms with Gasteiger partial charge in [0.15, 0.2) is 0 Å². The Morgan fingerprint density at radius 2 is 2.00 bits per heavy atom. The Morgan fingerprint density at radius 3 is 2.50 bits per heavy atom. The van der Waals surface area contributed by atoms with Crippen molar-refractivity contribution < 1.29 is 13.9 Å². The van der Waals surface area contributed by atoms with E-state index in [1.54, 1.807) is 6.92 Å². The molecule has 1 aromatic rings. The normalized spacial score (nSPS) is 11.7. The molecule has 4 nitrogen and oxygen atoms in total. The monoisotopic (exact) mass is 276 g/mol. The summed E-state index contributed by atoms with van der Waals surface area (Å²) in [4.78, 5) is 11.4. The Kier molecular flexibility index (Phi) is 6.65. The Bertz CT molecular complexity index is 411. The van der Waals surface area contributed by atoms with E-state index in [-0.39, 0.29) is 24.4 Å².